The molecule has 2 aliphatic carbocycles. The summed E-state index contributed by atoms with van der Waals surface area (Å²) in [5, 5.41) is 0. The summed E-state index contributed by atoms with van der Waals surface area (Å²) in [4.78, 5) is 0. The van der Waals surface area contributed by atoms with E-state index in [-0.39, 0.29) is 0 Å². The Morgan fingerprint density at radius 3 is 2.21 bits per heavy atom. The molecule has 1 saturated carbocycles. The van der Waals surface area contributed by atoms with E-state index in [1.807, 2.05) is 0 Å². The SMILES string of the molecule is CC1(C)C(C(N)C2=CCCC2)C1(C)C. The highest BCUT2D eigenvalue weighted by atomic mass is 14.8. The van der Waals surface area contributed by atoms with Gasteiger partial charge >= 0.3 is 0 Å². The number of allylic oxidation sites excluding steroid dienone is 1. The molecule has 0 radical (unpaired) electrons. The van der Waals surface area contributed by atoms with Gasteiger partial charge in [-0.3, -0.25) is 0 Å². The molecule has 0 bridgehead atoms. The topological polar surface area (TPSA) is 26.0 Å². The van der Waals surface area contributed by atoms with Gasteiger partial charge < -0.3 is 5.73 Å². The predicted octanol–water partition coefficient (Wildman–Crippen LogP) is 3.11. The Balaban J connectivity index is 2.11. The predicted molar refractivity (Wildman–Crippen MR) is 61.0 cm³/mol. The summed E-state index contributed by atoms with van der Waals surface area (Å²) in [6, 6.07) is 0.322. The zero-order chi connectivity index (χ0) is 10.6. The molecule has 0 aromatic rings. The smallest absolute Gasteiger partial charge is 0.0292 e. The maximum Gasteiger partial charge on any atom is 0.0292 e. The Morgan fingerprint density at radius 2 is 1.86 bits per heavy atom. The van der Waals surface area contributed by atoms with Crippen molar-refractivity contribution in [3.63, 3.8) is 0 Å². The minimum atomic E-state index is 0.322. The average molecular weight is 193 g/mol. The molecular weight excluding hydrogens is 170 g/mol. The summed E-state index contributed by atoms with van der Waals surface area (Å²) in [5.41, 5.74) is 8.74. The van der Waals surface area contributed by atoms with Gasteiger partial charge in [-0.1, -0.05) is 39.3 Å². The van der Waals surface area contributed by atoms with Crippen LogP contribution >= 0.6 is 0 Å². The third-order valence-corrected chi connectivity index (χ3v) is 5.00. The first-order valence-corrected chi connectivity index (χ1v) is 5.83. The van der Waals surface area contributed by atoms with Crippen molar-refractivity contribution in [2.45, 2.75) is 53.0 Å². The van der Waals surface area contributed by atoms with E-state index < -0.39 is 0 Å². The molecular formula is C13H23N. The molecule has 1 fully saturated rings. The highest BCUT2D eigenvalue weighted by Crippen LogP contribution is 2.70. The first-order chi connectivity index (χ1) is 6.39. The Kier molecular flexibility index (Phi) is 2.08. The molecule has 0 aromatic heterocycles. The van der Waals surface area contributed by atoms with Gasteiger partial charge in [0.15, 0.2) is 0 Å². The van der Waals surface area contributed by atoms with Crippen LogP contribution in [0.5, 0.6) is 0 Å². The standard InChI is InChI=1S/C13H23N/c1-12(2)11(13(12,3)4)10(14)9-7-5-6-8-9/h7,10-11H,5-6,8,14H2,1-4H3. The molecule has 80 valence electrons. The van der Waals surface area contributed by atoms with Crippen molar-refractivity contribution in [2.24, 2.45) is 22.5 Å². The molecule has 0 saturated heterocycles. The largest absolute Gasteiger partial charge is 0.324 e. The van der Waals surface area contributed by atoms with Crippen molar-refractivity contribution in [1.82, 2.24) is 0 Å². The monoisotopic (exact) mass is 193 g/mol. The molecule has 0 aliphatic heterocycles. The number of rotatable bonds is 2. The zero-order valence-corrected chi connectivity index (χ0v) is 9.93. The number of hydrogen-bond acceptors (Lipinski definition) is 1. The second kappa shape index (κ2) is 2.85. The highest BCUT2D eigenvalue weighted by Gasteiger charge is 2.66. The van der Waals surface area contributed by atoms with Crippen LogP contribution in [-0.4, -0.2) is 6.04 Å². The van der Waals surface area contributed by atoms with E-state index >= 15 is 0 Å². The Morgan fingerprint density at radius 1 is 1.29 bits per heavy atom. The molecule has 0 aromatic carbocycles. The van der Waals surface area contributed by atoms with Crippen LogP contribution in [0.15, 0.2) is 11.6 Å². The van der Waals surface area contributed by atoms with Gasteiger partial charge in [-0.15, -0.1) is 0 Å². The van der Waals surface area contributed by atoms with Gasteiger partial charge in [-0.05, 0) is 36.0 Å². The number of nitrogens with two attached hydrogens (primary N) is 1. The van der Waals surface area contributed by atoms with Gasteiger partial charge in [-0.25, -0.2) is 0 Å². The van der Waals surface area contributed by atoms with Crippen molar-refractivity contribution in [3.05, 3.63) is 11.6 Å². The third-order valence-electron chi connectivity index (χ3n) is 5.00. The Bertz CT molecular complexity index is 259. The fraction of sp³-hybridized carbons (Fsp3) is 0.846. The summed E-state index contributed by atoms with van der Waals surface area (Å²) >= 11 is 0. The summed E-state index contributed by atoms with van der Waals surface area (Å²) in [7, 11) is 0. The van der Waals surface area contributed by atoms with Crippen LogP contribution in [-0.2, 0) is 0 Å². The molecule has 2 rings (SSSR count). The summed E-state index contributed by atoms with van der Waals surface area (Å²) < 4.78 is 0. The summed E-state index contributed by atoms with van der Waals surface area (Å²) in [5.74, 6) is 0.680. The minimum absolute atomic E-state index is 0.322. The lowest BCUT2D eigenvalue weighted by Crippen LogP contribution is -2.27. The lowest BCUT2D eigenvalue weighted by Gasteiger charge is -2.15. The molecule has 2 aliphatic rings. The van der Waals surface area contributed by atoms with Crippen LogP contribution in [0.3, 0.4) is 0 Å². The lowest BCUT2D eigenvalue weighted by atomic mass is 9.97. The molecule has 2 N–H and O–H groups in total. The van der Waals surface area contributed by atoms with Crippen LogP contribution in [0.2, 0.25) is 0 Å². The molecule has 1 atom stereocenters. The molecule has 1 unspecified atom stereocenters. The van der Waals surface area contributed by atoms with E-state index in [2.05, 4.69) is 33.8 Å². The van der Waals surface area contributed by atoms with Crippen molar-refractivity contribution < 1.29 is 0 Å². The summed E-state index contributed by atoms with van der Waals surface area (Å²) in [6.07, 6.45) is 6.17. The van der Waals surface area contributed by atoms with Crippen molar-refractivity contribution in [3.8, 4) is 0 Å². The maximum absolute atomic E-state index is 6.37. The lowest BCUT2D eigenvalue weighted by molar-refractivity contribution is 0.457. The van der Waals surface area contributed by atoms with Gasteiger partial charge in [0, 0.05) is 6.04 Å². The van der Waals surface area contributed by atoms with Crippen molar-refractivity contribution in [1.29, 1.82) is 0 Å². The normalized spacial score (nSPS) is 31.4. The first-order valence-electron chi connectivity index (χ1n) is 5.83. The van der Waals surface area contributed by atoms with Crippen LogP contribution in [0.1, 0.15) is 47.0 Å². The van der Waals surface area contributed by atoms with Crippen molar-refractivity contribution >= 4 is 0 Å². The molecule has 0 heterocycles. The second-order valence-electron chi connectivity index (χ2n) is 6.12. The fourth-order valence-electron chi connectivity index (χ4n) is 3.36. The third kappa shape index (κ3) is 1.18. The van der Waals surface area contributed by atoms with Gasteiger partial charge in [0.1, 0.15) is 0 Å². The van der Waals surface area contributed by atoms with Gasteiger partial charge in [-0.2, -0.15) is 0 Å². The Hall–Kier alpha value is -0.300. The zero-order valence-electron chi connectivity index (χ0n) is 9.93. The van der Waals surface area contributed by atoms with E-state index in [0.717, 1.165) is 0 Å². The maximum atomic E-state index is 6.37. The molecule has 0 spiro atoms. The fourth-order valence-corrected chi connectivity index (χ4v) is 3.36. The molecule has 1 heteroatoms. The highest BCUT2D eigenvalue weighted by molar-refractivity contribution is 5.26. The van der Waals surface area contributed by atoms with Crippen LogP contribution < -0.4 is 5.73 Å². The Labute approximate surface area is 87.8 Å². The van der Waals surface area contributed by atoms with Crippen LogP contribution in [0.25, 0.3) is 0 Å². The summed E-state index contributed by atoms with van der Waals surface area (Å²) in [6.45, 7) is 9.42. The minimum Gasteiger partial charge on any atom is -0.324 e. The van der Waals surface area contributed by atoms with E-state index in [0.29, 0.717) is 22.8 Å². The molecule has 1 nitrogen and oxygen atoms in total. The number of hydrogen-bond donors (Lipinski definition) is 1. The average Bonchev–Trinajstić information content (AvgIpc) is 2.53. The van der Waals surface area contributed by atoms with E-state index in [1.165, 1.54) is 24.8 Å². The van der Waals surface area contributed by atoms with E-state index in [9.17, 15) is 0 Å². The first kappa shape index (κ1) is 10.2. The second-order valence-corrected chi connectivity index (χ2v) is 6.12. The van der Waals surface area contributed by atoms with Crippen molar-refractivity contribution in [2.75, 3.05) is 0 Å². The molecule has 0 amide bonds. The van der Waals surface area contributed by atoms with Gasteiger partial charge in [0.05, 0.1) is 0 Å². The van der Waals surface area contributed by atoms with Gasteiger partial charge in [0.2, 0.25) is 0 Å². The van der Waals surface area contributed by atoms with E-state index in [1.54, 1.807) is 0 Å². The van der Waals surface area contributed by atoms with Gasteiger partial charge in [0.25, 0.3) is 0 Å². The molecule has 14 heavy (non-hydrogen) atoms. The van der Waals surface area contributed by atoms with Crippen LogP contribution in [0.4, 0.5) is 0 Å². The quantitative estimate of drug-likeness (QED) is 0.670. The van der Waals surface area contributed by atoms with E-state index in [4.69, 9.17) is 5.73 Å². The van der Waals surface area contributed by atoms with Crippen LogP contribution in [0, 0.1) is 16.7 Å².